The summed E-state index contributed by atoms with van der Waals surface area (Å²) in [6, 6.07) is 11.2. The molecule has 1 aliphatic heterocycles. The Morgan fingerprint density at radius 3 is 2.60 bits per heavy atom. The molecule has 0 aliphatic carbocycles. The molecule has 0 saturated heterocycles. The minimum atomic E-state index is 0.481. The van der Waals surface area contributed by atoms with Crippen molar-refractivity contribution in [3.05, 3.63) is 47.5 Å². The molecule has 0 aromatic heterocycles. The number of benzene rings is 1. The summed E-state index contributed by atoms with van der Waals surface area (Å²) in [6.07, 6.45) is 5.73. The van der Waals surface area contributed by atoms with Crippen molar-refractivity contribution in [3.8, 4) is 0 Å². The molecule has 1 atom stereocenters. The Balaban J connectivity index is 2.22. The summed E-state index contributed by atoms with van der Waals surface area (Å²) in [4.78, 5) is 0. The van der Waals surface area contributed by atoms with Crippen LogP contribution in [0.3, 0.4) is 0 Å². The van der Waals surface area contributed by atoms with E-state index in [-0.39, 0.29) is 0 Å². The Morgan fingerprint density at radius 2 is 1.93 bits per heavy atom. The smallest absolute Gasteiger partial charge is 0.175 e. The van der Waals surface area contributed by atoms with Gasteiger partial charge in [-0.3, -0.25) is 0 Å². The van der Waals surface area contributed by atoms with Gasteiger partial charge in [0.1, 0.15) is 6.54 Å². The van der Waals surface area contributed by atoms with Crippen molar-refractivity contribution in [2.24, 2.45) is 0 Å². The standard InChI is InChI=1S/C14H18N/c1-12-7-6-10-15(11-12)13(2)14-8-4-3-5-9-14/h3-5,7-9,11,13H,6,10H2,1-2H3/q+1/t13-/m1/s1. The largest absolute Gasteiger partial charge is 0.229 e. The van der Waals surface area contributed by atoms with E-state index >= 15 is 0 Å². The van der Waals surface area contributed by atoms with Crippen LogP contribution in [0.2, 0.25) is 0 Å². The third-order valence-corrected chi connectivity index (χ3v) is 3.00. The highest BCUT2D eigenvalue weighted by molar-refractivity contribution is 5.73. The zero-order valence-electron chi connectivity index (χ0n) is 9.48. The normalized spacial score (nSPS) is 18.0. The number of allylic oxidation sites excluding steroid dienone is 1. The first-order chi connectivity index (χ1) is 7.27. The molecule has 1 aromatic rings. The van der Waals surface area contributed by atoms with Crippen LogP contribution in [0.25, 0.3) is 0 Å². The maximum atomic E-state index is 2.42. The fourth-order valence-electron chi connectivity index (χ4n) is 2.05. The van der Waals surface area contributed by atoms with Gasteiger partial charge >= 0.3 is 0 Å². The van der Waals surface area contributed by atoms with Crippen molar-refractivity contribution in [2.75, 3.05) is 6.54 Å². The van der Waals surface area contributed by atoms with Crippen molar-refractivity contribution in [1.82, 2.24) is 0 Å². The minimum absolute atomic E-state index is 0.481. The van der Waals surface area contributed by atoms with Gasteiger partial charge in [0.05, 0.1) is 0 Å². The summed E-state index contributed by atoms with van der Waals surface area (Å²) >= 11 is 0. The Kier molecular flexibility index (Phi) is 3.00. The zero-order valence-corrected chi connectivity index (χ0v) is 9.48. The Morgan fingerprint density at radius 1 is 1.20 bits per heavy atom. The first kappa shape index (κ1) is 10.2. The van der Waals surface area contributed by atoms with Gasteiger partial charge in [-0.15, -0.1) is 0 Å². The lowest BCUT2D eigenvalue weighted by molar-refractivity contribution is -0.564. The van der Waals surface area contributed by atoms with Crippen molar-refractivity contribution in [1.29, 1.82) is 0 Å². The zero-order chi connectivity index (χ0) is 10.7. The second-order valence-corrected chi connectivity index (χ2v) is 4.19. The monoisotopic (exact) mass is 200 g/mol. The first-order valence-corrected chi connectivity index (χ1v) is 5.59. The van der Waals surface area contributed by atoms with Gasteiger partial charge in [-0.1, -0.05) is 36.4 Å². The molecule has 15 heavy (non-hydrogen) atoms. The van der Waals surface area contributed by atoms with Crippen molar-refractivity contribution < 1.29 is 4.58 Å². The highest BCUT2D eigenvalue weighted by Gasteiger charge is 2.18. The highest BCUT2D eigenvalue weighted by atomic mass is 15.0. The van der Waals surface area contributed by atoms with Crippen molar-refractivity contribution in [2.45, 2.75) is 26.3 Å². The van der Waals surface area contributed by atoms with Crippen LogP contribution in [-0.4, -0.2) is 17.3 Å². The molecule has 1 aliphatic rings. The average molecular weight is 200 g/mol. The van der Waals surface area contributed by atoms with Crippen LogP contribution in [0.1, 0.15) is 31.9 Å². The summed E-state index contributed by atoms with van der Waals surface area (Å²) in [5.41, 5.74) is 2.77. The topological polar surface area (TPSA) is 3.01 Å². The Hall–Kier alpha value is -1.37. The first-order valence-electron chi connectivity index (χ1n) is 5.59. The lowest BCUT2D eigenvalue weighted by atomic mass is 10.1. The molecule has 0 unspecified atom stereocenters. The molecule has 0 saturated carbocycles. The molecular formula is C14H18N+. The van der Waals surface area contributed by atoms with Crippen LogP contribution in [0, 0.1) is 0 Å². The predicted octanol–water partition coefficient (Wildman–Crippen LogP) is 3.18. The second-order valence-electron chi connectivity index (χ2n) is 4.19. The van der Waals surface area contributed by atoms with E-state index in [1.54, 1.807) is 0 Å². The van der Waals surface area contributed by atoms with Crippen LogP contribution < -0.4 is 0 Å². The van der Waals surface area contributed by atoms with Crippen molar-refractivity contribution in [3.63, 3.8) is 0 Å². The second kappa shape index (κ2) is 4.43. The summed E-state index contributed by atoms with van der Waals surface area (Å²) in [7, 11) is 0. The third kappa shape index (κ3) is 2.35. The summed E-state index contributed by atoms with van der Waals surface area (Å²) in [6.45, 7) is 5.57. The quantitative estimate of drug-likeness (QED) is 0.645. The van der Waals surface area contributed by atoms with Crippen molar-refractivity contribution >= 4 is 6.21 Å². The Labute approximate surface area is 91.8 Å². The van der Waals surface area contributed by atoms with Crippen LogP contribution in [0.4, 0.5) is 0 Å². The van der Waals surface area contributed by atoms with E-state index in [4.69, 9.17) is 0 Å². The number of nitrogens with zero attached hydrogens (tertiary/aromatic N) is 1. The van der Waals surface area contributed by atoms with Gasteiger partial charge in [-0.25, -0.2) is 4.58 Å². The lowest BCUT2D eigenvalue weighted by Crippen LogP contribution is -2.21. The predicted molar refractivity (Wildman–Crippen MR) is 64.4 cm³/mol. The van der Waals surface area contributed by atoms with Gasteiger partial charge in [-0.05, 0) is 6.92 Å². The molecule has 0 amide bonds. The van der Waals surface area contributed by atoms with E-state index in [1.165, 1.54) is 17.6 Å². The van der Waals surface area contributed by atoms with E-state index in [1.807, 2.05) is 0 Å². The fraction of sp³-hybridized carbons (Fsp3) is 0.357. The molecule has 78 valence electrons. The molecule has 1 aromatic carbocycles. The van der Waals surface area contributed by atoms with Crippen LogP contribution >= 0.6 is 0 Å². The summed E-state index contributed by atoms with van der Waals surface area (Å²) in [5, 5.41) is 0. The van der Waals surface area contributed by atoms with Gasteiger partial charge in [0.25, 0.3) is 0 Å². The molecule has 1 heterocycles. The van der Waals surface area contributed by atoms with Crippen LogP contribution in [0.15, 0.2) is 42.0 Å². The summed E-state index contributed by atoms with van der Waals surface area (Å²) < 4.78 is 2.42. The molecule has 2 rings (SSSR count). The maximum Gasteiger partial charge on any atom is 0.175 e. The molecule has 1 nitrogen and oxygen atoms in total. The molecule has 0 radical (unpaired) electrons. The van der Waals surface area contributed by atoms with E-state index < -0.39 is 0 Å². The number of hydrogen-bond acceptors (Lipinski definition) is 0. The maximum absolute atomic E-state index is 2.42. The van der Waals surface area contributed by atoms with Gasteiger partial charge < -0.3 is 0 Å². The minimum Gasteiger partial charge on any atom is -0.229 e. The van der Waals surface area contributed by atoms with Gasteiger partial charge in [0.15, 0.2) is 12.3 Å². The lowest BCUT2D eigenvalue weighted by Gasteiger charge is -2.14. The van der Waals surface area contributed by atoms with Gasteiger partial charge in [0.2, 0.25) is 0 Å². The average Bonchev–Trinajstić information content (AvgIpc) is 2.29. The fourth-order valence-corrected chi connectivity index (χ4v) is 2.05. The molecular weight excluding hydrogens is 182 g/mol. The Bertz CT molecular complexity index is 387. The van der Waals surface area contributed by atoms with Crippen LogP contribution in [-0.2, 0) is 0 Å². The molecule has 0 bridgehead atoms. The highest BCUT2D eigenvalue weighted by Crippen LogP contribution is 2.17. The SMILES string of the molecule is CC1=CCC[N+]([C@H](C)c2ccccc2)=C1. The number of hydrogen-bond donors (Lipinski definition) is 0. The molecule has 1 heteroatoms. The van der Waals surface area contributed by atoms with E-state index in [0.717, 1.165) is 6.54 Å². The van der Waals surface area contributed by atoms with E-state index in [9.17, 15) is 0 Å². The van der Waals surface area contributed by atoms with Gasteiger partial charge in [0, 0.05) is 24.5 Å². The molecule has 0 fully saturated rings. The number of rotatable bonds is 2. The van der Waals surface area contributed by atoms with Gasteiger partial charge in [-0.2, -0.15) is 0 Å². The van der Waals surface area contributed by atoms with E-state index in [0.29, 0.717) is 6.04 Å². The van der Waals surface area contributed by atoms with E-state index in [2.05, 4.69) is 61.0 Å². The third-order valence-electron chi connectivity index (χ3n) is 3.00. The summed E-state index contributed by atoms with van der Waals surface area (Å²) in [5.74, 6) is 0. The van der Waals surface area contributed by atoms with Crippen LogP contribution in [0.5, 0.6) is 0 Å². The molecule has 0 N–H and O–H groups in total. The molecule has 0 spiro atoms.